The Balaban J connectivity index is 1.69. The molecule has 3 unspecified atom stereocenters. The minimum atomic E-state index is -0.883. The molecule has 2 aliphatic rings. The second kappa shape index (κ2) is 4.43. The molecule has 3 rings (SSSR count). The van der Waals surface area contributed by atoms with Crippen molar-refractivity contribution >= 4 is 5.78 Å². The summed E-state index contributed by atoms with van der Waals surface area (Å²) >= 11 is 0. The van der Waals surface area contributed by atoms with Crippen LogP contribution in [0.25, 0.3) is 0 Å². The third-order valence-electron chi connectivity index (χ3n) is 4.08. The van der Waals surface area contributed by atoms with Crippen LogP contribution in [0.2, 0.25) is 0 Å². The van der Waals surface area contributed by atoms with Crippen LogP contribution in [-0.4, -0.2) is 17.9 Å². The van der Waals surface area contributed by atoms with E-state index in [2.05, 4.69) is 5.32 Å². The van der Waals surface area contributed by atoms with Gasteiger partial charge in [-0.15, -0.1) is 0 Å². The minimum Gasteiger partial charge on any atom is -0.310 e. The van der Waals surface area contributed by atoms with Gasteiger partial charge in [-0.3, -0.25) is 4.79 Å². The first kappa shape index (κ1) is 11.8. The first-order valence-corrected chi connectivity index (χ1v) is 6.36. The van der Waals surface area contributed by atoms with Crippen LogP contribution in [0.3, 0.4) is 0 Å². The molecule has 0 radical (unpaired) electrons. The van der Waals surface area contributed by atoms with Crippen LogP contribution in [0.5, 0.6) is 0 Å². The SMILES string of the molecule is O=C(Cc1ccc(F)c(F)c1)C1CC2CCC1N2. The predicted molar refractivity (Wildman–Crippen MR) is 63.1 cm³/mol. The van der Waals surface area contributed by atoms with Crippen molar-refractivity contribution in [3.05, 3.63) is 35.4 Å². The molecule has 96 valence electrons. The molecule has 0 saturated carbocycles. The number of rotatable bonds is 3. The molecule has 0 amide bonds. The van der Waals surface area contributed by atoms with Crippen molar-refractivity contribution in [2.45, 2.75) is 37.8 Å². The standard InChI is InChI=1S/C14H15F2NO/c15-11-3-1-8(5-12(11)16)6-14(18)10-7-9-2-4-13(10)17-9/h1,3,5,9-10,13,17H,2,4,6-7H2. The summed E-state index contributed by atoms with van der Waals surface area (Å²) in [5, 5.41) is 3.41. The Morgan fingerprint density at radius 2 is 2.11 bits per heavy atom. The van der Waals surface area contributed by atoms with Crippen LogP contribution < -0.4 is 5.32 Å². The highest BCUT2D eigenvalue weighted by molar-refractivity contribution is 5.84. The lowest BCUT2D eigenvalue weighted by Crippen LogP contribution is -2.29. The lowest BCUT2D eigenvalue weighted by Gasteiger charge is -2.18. The van der Waals surface area contributed by atoms with Gasteiger partial charge < -0.3 is 5.32 Å². The third-order valence-corrected chi connectivity index (χ3v) is 4.08. The zero-order chi connectivity index (χ0) is 12.7. The van der Waals surface area contributed by atoms with Gasteiger partial charge in [0.1, 0.15) is 5.78 Å². The number of carbonyl (C=O) groups excluding carboxylic acids is 1. The molecule has 2 fully saturated rings. The fourth-order valence-corrected chi connectivity index (χ4v) is 3.16. The van der Waals surface area contributed by atoms with Crippen LogP contribution in [0, 0.1) is 17.6 Å². The van der Waals surface area contributed by atoms with Crippen molar-refractivity contribution in [2.24, 2.45) is 5.92 Å². The van der Waals surface area contributed by atoms with Crippen LogP contribution >= 0.6 is 0 Å². The van der Waals surface area contributed by atoms with Crippen molar-refractivity contribution in [3.63, 3.8) is 0 Å². The van der Waals surface area contributed by atoms with Crippen molar-refractivity contribution < 1.29 is 13.6 Å². The van der Waals surface area contributed by atoms with Crippen molar-refractivity contribution in [3.8, 4) is 0 Å². The number of ketones is 1. The summed E-state index contributed by atoms with van der Waals surface area (Å²) in [5.74, 6) is -1.56. The van der Waals surface area contributed by atoms with Crippen LogP contribution in [0.4, 0.5) is 8.78 Å². The summed E-state index contributed by atoms with van der Waals surface area (Å²) in [6, 6.07) is 4.46. The molecule has 2 heterocycles. The molecular weight excluding hydrogens is 236 g/mol. The van der Waals surface area contributed by atoms with E-state index in [9.17, 15) is 13.6 Å². The summed E-state index contributed by atoms with van der Waals surface area (Å²) in [6.07, 6.45) is 3.30. The summed E-state index contributed by atoms with van der Waals surface area (Å²) in [7, 11) is 0. The fourth-order valence-electron chi connectivity index (χ4n) is 3.16. The van der Waals surface area contributed by atoms with Crippen molar-refractivity contribution in [1.82, 2.24) is 5.32 Å². The Labute approximate surface area is 104 Å². The zero-order valence-electron chi connectivity index (χ0n) is 9.96. The molecule has 0 aliphatic carbocycles. The average Bonchev–Trinajstić information content (AvgIpc) is 2.96. The van der Waals surface area contributed by atoms with Gasteiger partial charge in [-0.2, -0.15) is 0 Å². The van der Waals surface area contributed by atoms with Crippen LogP contribution in [0.15, 0.2) is 18.2 Å². The lowest BCUT2D eigenvalue weighted by atomic mass is 9.84. The van der Waals surface area contributed by atoms with Crippen molar-refractivity contribution in [1.29, 1.82) is 0 Å². The third kappa shape index (κ3) is 2.05. The Morgan fingerprint density at radius 1 is 1.28 bits per heavy atom. The molecule has 2 aliphatic heterocycles. The van der Waals surface area contributed by atoms with E-state index < -0.39 is 11.6 Å². The van der Waals surface area contributed by atoms with Gasteiger partial charge in [0.2, 0.25) is 0 Å². The number of hydrogen-bond acceptors (Lipinski definition) is 2. The van der Waals surface area contributed by atoms with E-state index in [0.717, 1.165) is 31.4 Å². The van der Waals surface area contributed by atoms with Gasteiger partial charge in [-0.25, -0.2) is 8.78 Å². The van der Waals surface area contributed by atoms with E-state index in [0.29, 0.717) is 17.6 Å². The normalized spacial score (nSPS) is 29.8. The smallest absolute Gasteiger partial charge is 0.159 e. The van der Waals surface area contributed by atoms with E-state index in [1.165, 1.54) is 6.07 Å². The molecule has 1 N–H and O–H groups in total. The van der Waals surface area contributed by atoms with Gasteiger partial charge in [0, 0.05) is 24.4 Å². The van der Waals surface area contributed by atoms with Gasteiger partial charge in [0.25, 0.3) is 0 Å². The van der Waals surface area contributed by atoms with Crippen LogP contribution in [0.1, 0.15) is 24.8 Å². The Kier molecular flexibility index (Phi) is 2.90. The maximum atomic E-state index is 13.1. The molecule has 0 aromatic heterocycles. The zero-order valence-corrected chi connectivity index (χ0v) is 9.96. The predicted octanol–water partition coefficient (Wildman–Crippen LogP) is 2.22. The molecule has 0 spiro atoms. The maximum absolute atomic E-state index is 13.1. The minimum absolute atomic E-state index is 0.0527. The number of carbonyl (C=O) groups is 1. The summed E-state index contributed by atoms with van der Waals surface area (Å²) in [6.45, 7) is 0. The summed E-state index contributed by atoms with van der Waals surface area (Å²) < 4.78 is 25.8. The largest absolute Gasteiger partial charge is 0.310 e. The number of fused-ring (bicyclic) bond motifs is 2. The number of Topliss-reactive ketones (excluding diaryl/α,β-unsaturated/α-hetero) is 1. The highest BCUT2D eigenvalue weighted by atomic mass is 19.2. The quantitative estimate of drug-likeness (QED) is 0.892. The van der Waals surface area contributed by atoms with Gasteiger partial charge >= 0.3 is 0 Å². The first-order chi connectivity index (χ1) is 8.63. The average molecular weight is 251 g/mol. The molecule has 3 atom stereocenters. The number of benzene rings is 1. The van der Waals surface area contributed by atoms with E-state index in [4.69, 9.17) is 0 Å². The van der Waals surface area contributed by atoms with E-state index in [1.54, 1.807) is 0 Å². The summed E-state index contributed by atoms with van der Waals surface area (Å²) in [5.41, 5.74) is 0.557. The maximum Gasteiger partial charge on any atom is 0.159 e. The molecule has 4 heteroatoms. The second-order valence-corrected chi connectivity index (χ2v) is 5.28. The van der Waals surface area contributed by atoms with E-state index in [1.807, 2.05) is 0 Å². The van der Waals surface area contributed by atoms with Gasteiger partial charge in [0.05, 0.1) is 0 Å². The molecule has 18 heavy (non-hydrogen) atoms. The second-order valence-electron chi connectivity index (χ2n) is 5.28. The fraction of sp³-hybridized carbons (Fsp3) is 0.500. The molecule has 2 bridgehead atoms. The Morgan fingerprint density at radius 3 is 2.72 bits per heavy atom. The van der Waals surface area contributed by atoms with E-state index >= 15 is 0 Å². The molecule has 2 saturated heterocycles. The highest BCUT2D eigenvalue weighted by Gasteiger charge is 2.42. The highest BCUT2D eigenvalue weighted by Crippen LogP contribution is 2.34. The van der Waals surface area contributed by atoms with Crippen LogP contribution in [-0.2, 0) is 11.2 Å². The topological polar surface area (TPSA) is 29.1 Å². The number of halogens is 2. The first-order valence-electron chi connectivity index (χ1n) is 6.36. The number of nitrogens with one attached hydrogen (secondary N) is 1. The molecule has 1 aromatic carbocycles. The molecule has 2 nitrogen and oxygen atoms in total. The molecular formula is C14H15F2NO. The lowest BCUT2D eigenvalue weighted by molar-refractivity contribution is -0.122. The molecule has 1 aromatic rings. The van der Waals surface area contributed by atoms with Gasteiger partial charge in [-0.1, -0.05) is 6.07 Å². The Hall–Kier alpha value is -1.29. The number of hydrogen-bond donors (Lipinski definition) is 1. The Bertz CT molecular complexity index is 489. The summed E-state index contributed by atoms with van der Waals surface area (Å²) in [4.78, 5) is 12.1. The van der Waals surface area contributed by atoms with Gasteiger partial charge in [-0.05, 0) is 37.0 Å². The van der Waals surface area contributed by atoms with E-state index in [-0.39, 0.29) is 18.1 Å². The van der Waals surface area contributed by atoms with Gasteiger partial charge in [0.15, 0.2) is 11.6 Å². The van der Waals surface area contributed by atoms with Crippen molar-refractivity contribution in [2.75, 3.05) is 0 Å². The monoisotopic (exact) mass is 251 g/mol.